The van der Waals surface area contributed by atoms with E-state index in [-0.39, 0.29) is 0 Å². The largest absolute Gasteiger partial charge is 0.326 e. The highest BCUT2D eigenvalue weighted by Gasteiger charge is 2.34. The van der Waals surface area contributed by atoms with E-state index < -0.39 is 20.1 Å². The van der Waals surface area contributed by atoms with Crippen LogP contribution in [0.3, 0.4) is 0 Å². The predicted octanol–water partition coefficient (Wildman–Crippen LogP) is 0.937. The first kappa shape index (κ1) is 11.9. The van der Waals surface area contributed by atoms with Crippen molar-refractivity contribution in [3.05, 3.63) is 0 Å². The van der Waals surface area contributed by atoms with Crippen LogP contribution < -0.4 is 5.73 Å². The molecule has 0 saturated carbocycles. The van der Waals surface area contributed by atoms with Crippen molar-refractivity contribution in [2.24, 2.45) is 5.73 Å². The van der Waals surface area contributed by atoms with Crippen molar-refractivity contribution in [3.63, 3.8) is 0 Å². The topological polar surface area (TPSA) is 60.2 Å². The van der Waals surface area contributed by atoms with Crippen molar-refractivity contribution in [1.29, 1.82) is 0 Å². The molecule has 0 amide bonds. The Morgan fingerprint density at radius 3 is 1.58 bits per heavy atom. The molecule has 0 heterocycles. The molecule has 0 aliphatic carbocycles. The molecule has 12 heavy (non-hydrogen) atoms. The first-order chi connectivity index (χ1) is 4.96. The third-order valence-corrected chi connectivity index (χ3v) is 4.04. The lowest BCUT2D eigenvalue weighted by Crippen LogP contribution is -2.44. The van der Waals surface area contributed by atoms with Crippen LogP contribution in [-0.2, 0) is 9.84 Å². The summed E-state index contributed by atoms with van der Waals surface area (Å²) in [7, 11) is -3.02. The molecule has 0 atom stereocenters. The van der Waals surface area contributed by atoms with Crippen molar-refractivity contribution in [2.45, 2.75) is 44.4 Å². The summed E-state index contributed by atoms with van der Waals surface area (Å²) < 4.78 is 21.8. The minimum Gasteiger partial charge on any atom is -0.326 e. The van der Waals surface area contributed by atoms with Crippen molar-refractivity contribution in [2.75, 3.05) is 6.26 Å². The molecule has 0 rings (SSSR count). The second-order valence-corrected chi connectivity index (χ2v) is 7.35. The van der Waals surface area contributed by atoms with Gasteiger partial charge in [-0.3, -0.25) is 0 Å². The smallest absolute Gasteiger partial charge is 0.152 e. The van der Waals surface area contributed by atoms with Gasteiger partial charge in [0, 0.05) is 11.8 Å². The summed E-state index contributed by atoms with van der Waals surface area (Å²) in [5.41, 5.74) is 5.32. The van der Waals surface area contributed by atoms with E-state index in [1.54, 1.807) is 13.8 Å². The molecule has 0 unspecified atom stereocenters. The van der Waals surface area contributed by atoms with E-state index in [1.165, 1.54) is 6.26 Å². The fraction of sp³-hybridized carbons (Fsp3) is 1.00. The standard InChI is InChI=1S/C8H19NO2S/c1-7(2,9)6-8(3,4)12(5,10)11/h6,9H2,1-5H3. The lowest BCUT2D eigenvalue weighted by molar-refractivity contribution is 0.406. The highest BCUT2D eigenvalue weighted by atomic mass is 32.2. The van der Waals surface area contributed by atoms with Crippen LogP contribution in [0.2, 0.25) is 0 Å². The van der Waals surface area contributed by atoms with E-state index >= 15 is 0 Å². The lowest BCUT2D eigenvalue weighted by atomic mass is 9.93. The van der Waals surface area contributed by atoms with Gasteiger partial charge in [0.1, 0.15) is 0 Å². The highest BCUT2D eigenvalue weighted by Crippen LogP contribution is 2.25. The van der Waals surface area contributed by atoms with E-state index in [0.29, 0.717) is 6.42 Å². The molecule has 4 heteroatoms. The maximum atomic E-state index is 11.3. The van der Waals surface area contributed by atoms with E-state index in [0.717, 1.165) is 0 Å². The Hall–Kier alpha value is -0.0900. The lowest BCUT2D eigenvalue weighted by Gasteiger charge is -2.30. The SMILES string of the molecule is CC(C)(N)CC(C)(C)S(C)(=O)=O. The molecule has 0 spiro atoms. The van der Waals surface area contributed by atoms with Gasteiger partial charge in [0.05, 0.1) is 4.75 Å². The van der Waals surface area contributed by atoms with Crippen LogP contribution in [0, 0.1) is 0 Å². The third kappa shape index (κ3) is 3.54. The van der Waals surface area contributed by atoms with Crippen LogP contribution in [0.5, 0.6) is 0 Å². The zero-order valence-electron chi connectivity index (χ0n) is 8.51. The fourth-order valence-corrected chi connectivity index (χ4v) is 1.86. The van der Waals surface area contributed by atoms with E-state index in [2.05, 4.69) is 0 Å². The molecule has 0 fully saturated rings. The van der Waals surface area contributed by atoms with E-state index in [4.69, 9.17) is 5.73 Å². The second-order valence-electron chi connectivity index (χ2n) is 4.70. The van der Waals surface area contributed by atoms with Crippen molar-refractivity contribution < 1.29 is 8.42 Å². The summed E-state index contributed by atoms with van der Waals surface area (Å²) in [5.74, 6) is 0. The Kier molecular flexibility index (Phi) is 2.97. The van der Waals surface area contributed by atoms with Gasteiger partial charge in [0.25, 0.3) is 0 Å². The Morgan fingerprint density at radius 1 is 1.17 bits per heavy atom. The zero-order chi connectivity index (χ0) is 10.2. The molecule has 0 aromatic carbocycles. The number of sulfone groups is 1. The highest BCUT2D eigenvalue weighted by molar-refractivity contribution is 7.92. The Bertz CT molecular complexity index is 247. The van der Waals surface area contributed by atoms with Crippen LogP contribution in [-0.4, -0.2) is 25.0 Å². The van der Waals surface area contributed by atoms with Crippen LogP contribution in [0.4, 0.5) is 0 Å². The number of nitrogens with two attached hydrogens (primary N) is 1. The number of rotatable bonds is 3. The molecule has 0 radical (unpaired) electrons. The molecular weight excluding hydrogens is 174 g/mol. The van der Waals surface area contributed by atoms with Crippen LogP contribution in [0.15, 0.2) is 0 Å². The molecule has 0 saturated heterocycles. The van der Waals surface area contributed by atoms with Crippen molar-refractivity contribution >= 4 is 9.84 Å². The van der Waals surface area contributed by atoms with Gasteiger partial charge in [-0.25, -0.2) is 8.42 Å². The first-order valence-electron chi connectivity index (χ1n) is 3.94. The summed E-state index contributed by atoms with van der Waals surface area (Å²) in [6.45, 7) is 7.08. The first-order valence-corrected chi connectivity index (χ1v) is 5.83. The molecular formula is C8H19NO2S. The molecule has 74 valence electrons. The average Bonchev–Trinajstić information content (AvgIpc) is 1.52. The minimum absolute atomic E-state index is 0.438. The van der Waals surface area contributed by atoms with Gasteiger partial charge in [-0.1, -0.05) is 0 Å². The summed E-state index contributed by atoms with van der Waals surface area (Å²) in [6.07, 6.45) is 1.72. The molecule has 2 N–H and O–H groups in total. The van der Waals surface area contributed by atoms with Gasteiger partial charge in [-0.15, -0.1) is 0 Å². The summed E-state index contributed by atoms with van der Waals surface area (Å²) in [5, 5.41) is 0. The van der Waals surface area contributed by atoms with Gasteiger partial charge in [0.15, 0.2) is 9.84 Å². The van der Waals surface area contributed by atoms with Crippen LogP contribution >= 0.6 is 0 Å². The predicted molar refractivity (Wildman–Crippen MR) is 51.8 cm³/mol. The number of hydrogen-bond donors (Lipinski definition) is 1. The van der Waals surface area contributed by atoms with Crippen LogP contribution in [0.25, 0.3) is 0 Å². The monoisotopic (exact) mass is 193 g/mol. The van der Waals surface area contributed by atoms with Gasteiger partial charge >= 0.3 is 0 Å². The minimum atomic E-state index is -3.02. The van der Waals surface area contributed by atoms with Crippen molar-refractivity contribution in [1.82, 2.24) is 0 Å². The summed E-state index contributed by atoms with van der Waals surface area (Å²) >= 11 is 0. The maximum absolute atomic E-state index is 11.3. The summed E-state index contributed by atoms with van der Waals surface area (Å²) in [6, 6.07) is 0. The van der Waals surface area contributed by atoms with Crippen molar-refractivity contribution in [3.8, 4) is 0 Å². The van der Waals surface area contributed by atoms with E-state index in [9.17, 15) is 8.42 Å². The number of hydrogen-bond acceptors (Lipinski definition) is 3. The molecule has 0 aliphatic heterocycles. The molecule has 0 aromatic rings. The summed E-state index contributed by atoms with van der Waals surface area (Å²) in [4.78, 5) is 0. The normalized spacial score (nSPS) is 14.8. The van der Waals surface area contributed by atoms with Gasteiger partial charge in [-0.05, 0) is 34.1 Å². The second kappa shape index (κ2) is 3.00. The van der Waals surface area contributed by atoms with Gasteiger partial charge in [0.2, 0.25) is 0 Å². The van der Waals surface area contributed by atoms with Crippen LogP contribution in [0.1, 0.15) is 34.1 Å². The molecule has 3 nitrogen and oxygen atoms in total. The molecule has 0 aromatic heterocycles. The van der Waals surface area contributed by atoms with Gasteiger partial charge < -0.3 is 5.73 Å². The zero-order valence-corrected chi connectivity index (χ0v) is 9.33. The van der Waals surface area contributed by atoms with Gasteiger partial charge in [-0.2, -0.15) is 0 Å². The quantitative estimate of drug-likeness (QED) is 0.725. The third-order valence-electron chi connectivity index (χ3n) is 1.89. The maximum Gasteiger partial charge on any atom is 0.152 e. The average molecular weight is 193 g/mol. The Morgan fingerprint density at radius 2 is 1.50 bits per heavy atom. The molecule has 0 bridgehead atoms. The van der Waals surface area contributed by atoms with E-state index in [1.807, 2.05) is 13.8 Å². The Labute approximate surface area is 75.3 Å². The fourth-order valence-electron chi connectivity index (χ4n) is 1.23. The molecule has 0 aliphatic rings. The Balaban J connectivity index is 4.68.